The van der Waals surface area contributed by atoms with E-state index in [4.69, 9.17) is 4.74 Å². The van der Waals surface area contributed by atoms with Crippen LogP contribution in [0.5, 0.6) is 0 Å². The van der Waals surface area contributed by atoms with Crippen LogP contribution < -0.4 is 0 Å². The van der Waals surface area contributed by atoms with Crippen molar-refractivity contribution in [3.05, 3.63) is 59.4 Å². The molecule has 1 aromatic heterocycles. The Kier molecular flexibility index (Phi) is 4.50. The fraction of sp³-hybridized carbons (Fsp3) is 0.333. The van der Waals surface area contributed by atoms with E-state index >= 15 is 0 Å². The van der Waals surface area contributed by atoms with E-state index in [0.29, 0.717) is 11.3 Å². The SMILES string of the molecule is Cn1cc(C(=O)C(C)(C)C)cc1C(=O)OCc1ccccc1. The molecule has 0 radical (unpaired) electrons. The lowest BCUT2D eigenvalue weighted by Gasteiger charge is -2.14. The van der Waals surface area contributed by atoms with Gasteiger partial charge >= 0.3 is 5.97 Å². The molecule has 0 unspecified atom stereocenters. The van der Waals surface area contributed by atoms with E-state index in [1.165, 1.54) is 0 Å². The zero-order valence-corrected chi connectivity index (χ0v) is 13.4. The fourth-order valence-corrected chi connectivity index (χ4v) is 2.12. The largest absolute Gasteiger partial charge is 0.456 e. The number of nitrogens with zero attached hydrogens (tertiary/aromatic N) is 1. The molecule has 0 N–H and O–H groups in total. The van der Waals surface area contributed by atoms with Crippen LogP contribution in [0.1, 0.15) is 47.2 Å². The Morgan fingerprint density at radius 3 is 2.36 bits per heavy atom. The van der Waals surface area contributed by atoms with Crippen LogP contribution in [-0.4, -0.2) is 16.3 Å². The average Bonchev–Trinajstić information content (AvgIpc) is 2.86. The first-order valence-electron chi connectivity index (χ1n) is 7.21. The first-order valence-corrected chi connectivity index (χ1v) is 7.21. The normalized spacial score (nSPS) is 11.3. The molecule has 0 aliphatic heterocycles. The number of rotatable bonds is 4. The van der Waals surface area contributed by atoms with Gasteiger partial charge in [-0.25, -0.2) is 4.79 Å². The zero-order valence-electron chi connectivity index (χ0n) is 13.4. The summed E-state index contributed by atoms with van der Waals surface area (Å²) in [4.78, 5) is 24.4. The van der Waals surface area contributed by atoms with Crippen molar-refractivity contribution in [1.82, 2.24) is 4.57 Å². The number of benzene rings is 1. The maximum absolute atomic E-state index is 12.3. The Labute approximate surface area is 130 Å². The van der Waals surface area contributed by atoms with Crippen molar-refractivity contribution < 1.29 is 14.3 Å². The topological polar surface area (TPSA) is 48.3 Å². The Morgan fingerprint density at radius 2 is 1.77 bits per heavy atom. The first-order chi connectivity index (χ1) is 10.3. The number of aryl methyl sites for hydroxylation is 1. The quantitative estimate of drug-likeness (QED) is 0.640. The molecule has 2 rings (SSSR count). The Morgan fingerprint density at radius 1 is 1.14 bits per heavy atom. The number of hydrogen-bond donors (Lipinski definition) is 0. The molecule has 0 bridgehead atoms. The second-order valence-corrected chi connectivity index (χ2v) is 6.37. The summed E-state index contributed by atoms with van der Waals surface area (Å²) in [7, 11) is 1.73. The van der Waals surface area contributed by atoms with Crippen molar-refractivity contribution in [2.45, 2.75) is 27.4 Å². The summed E-state index contributed by atoms with van der Waals surface area (Å²) in [6.07, 6.45) is 1.67. The van der Waals surface area contributed by atoms with Gasteiger partial charge in [0.1, 0.15) is 12.3 Å². The van der Waals surface area contributed by atoms with Crippen molar-refractivity contribution >= 4 is 11.8 Å². The van der Waals surface area contributed by atoms with Crippen LogP contribution in [0.15, 0.2) is 42.6 Å². The molecular weight excluding hydrogens is 278 g/mol. The minimum atomic E-state index is -0.480. The predicted octanol–water partition coefficient (Wildman–Crippen LogP) is 3.61. The summed E-state index contributed by atoms with van der Waals surface area (Å²) in [5.74, 6) is -0.426. The molecule has 1 heterocycles. The van der Waals surface area contributed by atoms with Gasteiger partial charge in [0.25, 0.3) is 0 Å². The van der Waals surface area contributed by atoms with Crippen molar-refractivity contribution in [2.24, 2.45) is 12.5 Å². The molecule has 4 nitrogen and oxygen atoms in total. The Balaban J connectivity index is 2.11. The lowest BCUT2D eigenvalue weighted by atomic mass is 9.87. The molecule has 4 heteroatoms. The van der Waals surface area contributed by atoms with Gasteiger partial charge in [0.15, 0.2) is 5.78 Å². The van der Waals surface area contributed by atoms with Gasteiger partial charge in [-0.15, -0.1) is 0 Å². The number of aromatic nitrogens is 1. The summed E-state index contributed by atoms with van der Waals surface area (Å²) < 4.78 is 6.93. The van der Waals surface area contributed by atoms with E-state index in [1.54, 1.807) is 23.9 Å². The lowest BCUT2D eigenvalue weighted by molar-refractivity contribution is 0.0461. The van der Waals surface area contributed by atoms with Gasteiger partial charge in [-0.3, -0.25) is 4.79 Å². The molecule has 0 aliphatic rings. The van der Waals surface area contributed by atoms with Gasteiger partial charge in [0.2, 0.25) is 0 Å². The molecule has 22 heavy (non-hydrogen) atoms. The highest BCUT2D eigenvalue weighted by Gasteiger charge is 2.25. The van der Waals surface area contributed by atoms with Crippen molar-refractivity contribution in [3.8, 4) is 0 Å². The summed E-state index contributed by atoms with van der Waals surface area (Å²) >= 11 is 0. The number of Topliss-reactive ketones (excluding diaryl/α,β-unsaturated/α-hetero) is 1. The van der Waals surface area contributed by atoms with Crippen molar-refractivity contribution in [3.63, 3.8) is 0 Å². The van der Waals surface area contributed by atoms with E-state index in [1.807, 2.05) is 51.1 Å². The minimum Gasteiger partial charge on any atom is -0.456 e. The highest BCUT2D eigenvalue weighted by molar-refractivity contribution is 6.02. The molecule has 0 saturated heterocycles. The number of carbonyl (C=O) groups is 2. The van der Waals surface area contributed by atoms with Gasteiger partial charge in [-0.05, 0) is 11.6 Å². The smallest absolute Gasteiger partial charge is 0.355 e. The van der Waals surface area contributed by atoms with Crippen LogP contribution in [0.3, 0.4) is 0 Å². The zero-order chi connectivity index (χ0) is 16.3. The molecule has 0 saturated carbocycles. The molecule has 2 aromatic rings. The summed E-state index contributed by atoms with van der Waals surface area (Å²) in [6.45, 7) is 5.79. The van der Waals surface area contributed by atoms with Crippen molar-refractivity contribution in [1.29, 1.82) is 0 Å². The Bertz CT molecular complexity index is 678. The fourth-order valence-electron chi connectivity index (χ4n) is 2.12. The van der Waals surface area contributed by atoms with E-state index in [0.717, 1.165) is 5.56 Å². The average molecular weight is 299 g/mol. The van der Waals surface area contributed by atoms with Gasteiger partial charge in [0, 0.05) is 24.2 Å². The molecule has 0 amide bonds. The number of ketones is 1. The van der Waals surface area contributed by atoms with Crippen LogP contribution in [0, 0.1) is 5.41 Å². The number of ether oxygens (including phenoxy) is 1. The highest BCUT2D eigenvalue weighted by Crippen LogP contribution is 2.22. The second kappa shape index (κ2) is 6.18. The van der Waals surface area contributed by atoms with Gasteiger partial charge < -0.3 is 9.30 Å². The van der Waals surface area contributed by atoms with Gasteiger partial charge in [0.05, 0.1) is 0 Å². The van der Waals surface area contributed by atoms with E-state index in [2.05, 4.69) is 0 Å². The van der Waals surface area contributed by atoms with Crippen LogP contribution >= 0.6 is 0 Å². The van der Waals surface area contributed by atoms with Crippen LogP contribution in [0.4, 0.5) is 0 Å². The monoisotopic (exact) mass is 299 g/mol. The van der Waals surface area contributed by atoms with Crippen LogP contribution in [0.25, 0.3) is 0 Å². The Hall–Kier alpha value is -2.36. The predicted molar refractivity (Wildman–Crippen MR) is 84.8 cm³/mol. The maximum atomic E-state index is 12.3. The highest BCUT2D eigenvalue weighted by atomic mass is 16.5. The third-order valence-corrected chi connectivity index (χ3v) is 3.37. The molecule has 0 fully saturated rings. The molecule has 0 aliphatic carbocycles. The van der Waals surface area contributed by atoms with E-state index in [9.17, 15) is 9.59 Å². The van der Waals surface area contributed by atoms with E-state index < -0.39 is 11.4 Å². The molecular formula is C18H21NO3. The first kappa shape index (κ1) is 16.0. The number of hydrogen-bond acceptors (Lipinski definition) is 3. The summed E-state index contributed by atoms with van der Waals surface area (Å²) in [6, 6.07) is 11.1. The van der Waals surface area contributed by atoms with E-state index in [-0.39, 0.29) is 12.4 Å². The lowest BCUT2D eigenvalue weighted by Crippen LogP contribution is -2.19. The van der Waals surface area contributed by atoms with Gasteiger partial charge in [-0.2, -0.15) is 0 Å². The summed E-state index contributed by atoms with van der Waals surface area (Å²) in [5.41, 5.74) is 1.35. The third-order valence-electron chi connectivity index (χ3n) is 3.37. The molecule has 0 atom stereocenters. The number of esters is 1. The second-order valence-electron chi connectivity index (χ2n) is 6.37. The molecule has 0 spiro atoms. The van der Waals surface area contributed by atoms with Crippen LogP contribution in [-0.2, 0) is 18.4 Å². The van der Waals surface area contributed by atoms with Crippen LogP contribution in [0.2, 0.25) is 0 Å². The van der Waals surface area contributed by atoms with Gasteiger partial charge in [-0.1, -0.05) is 51.1 Å². The third kappa shape index (κ3) is 3.64. The summed E-state index contributed by atoms with van der Waals surface area (Å²) in [5, 5.41) is 0. The number of carbonyl (C=O) groups excluding carboxylic acids is 2. The molecule has 1 aromatic carbocycles. The maximum Gasteiger partial charge on any atom is 0.355 e. The standard InChI is InChI=1S/C18H21NO3/c1-18(2,3)16(20)14-10-15(19(4)11-14)17(21)22-12-13-8-6-5-7-9-13/h5-11H,12H2,1-4H3. The molecule has 116 valence electrons. The minimum absolute atomic E-state index is 0.00482. The van der Waals surface area contributed by atoms with Crippen molar-refractivity contribution in [2.75, 3.05) is 0 Å².